The summed E-state index contributed by atoms with van der Waals surface area (Å²) in [6, 6.07) is 22.3. The number of nitrogens with one attached hydrogen (secondary N) is 1. The molecule has 430 valence electrons. The second kappa shape index (κ2) is 43.9. The summed E-state index contributed by atoms with van der Waals surface area (Å²) in [6.45, 7) is 18.5. The lowest BCUT2D eigenvalue weighted by Crippen LogP contribution is -2.66. The van der Waals surface area contributed by atoms with Crippen LogP contribution in [-0.4, -0.2) is 77.1 Å². The van der Waals surface area contributed by atoms with Gasteiger partial charge in [0.1, 0.15) is 6.54 Å². The lowest BCUT2D eigenvalue weighted by atomic mass is 9.93. The molecule has 8 nitrogen and oxygen atoms in total. The van der Waals surface area contributed by atoms with E-state index in [1.165, 1.54) is 107 Å². The molecule has 0 spiro atoms. The maximum atomic E-state index is 13.6. The first-order chi connectivity index (χ1) is 36.4. The van der Waals surface area contributed by atoms with E-state index < -0.39 is 8.32 Å². The van der Waals surface area contributed by atoms with Crippen molar-refractivity contribution in [2.45, 2.75) is 278 Å². The number of carbonyl (C=O) groups is 3. The molecule has 2 aromatic carbocycles. The van der Waals surface area contributed by atoms with E-state index in [0.29, 0.717) is 19.3 Å². The van der Waals surface area contributed by atoms with Crippen LogP contribution in [-0.2, 0) is 28.3 Å². The fraction of sp³-hybridized carbons (Fsp3) is 0.773. The highest BCUT2D eigenvalue weighted by Crippen LogP contribution is 2.37. The van der Waals surface area contributed by atoms with E-state index in [0.717, 1.165) is 135 Å². The van der Waals surface area contributed by atoms with E-state index >= 15 is 0 Å². The van der Waals surface area contributed by atoms with Crippen molar-refractivity contribution in [3.05, 3.63) is 60.7 Å². The molecule has 0 aromatic heterocycles. The first kappa shape index (κ1) is 68.1. The Hall–Kier alpha value is -3.01. The van der Waals surface area contributed by atoms with Crippen LogP contribution >= 0.6 is 0 Å². The van der Waals surface area contributed by atoms with Crippen molar-refractivity contribution >= 4 is 36.5 Å². The molecular weight excluding hydrogens is 945 g/mol. The number of hydrogen-bond donors (Lipinski definition) is 1. The normalized spacial score (nSPS) is 13.1. The summed E-state index contributed by atoms with van der Waals surface area (Å²) in [4.78, 5) is 41.5. The number of benzene rings is 2. The topological polar surface area (TPSA) is 94.2 Å². The van der Waals surface area contributed by atoms with Gasteiger partial charge in [-0.05, 0) is 86.2 Å². The number of amides is 1. The van der Waals surface area contributed by atoms with Crippen LogP contribution in [0.25, 0.3) is 0 Å². The highest BCUT2D eigenvalue weighted by Gasteiger charge is 2.50. The van der Waals surface area contributed by atoms with Gasteiger partial charge in [0.25, 0.3) is 8.32 Å². The number of esters is 2. The first-order valence-corrected chi connectivity index (χ1v) is 33.4. The number of ether oxygens (including phenoxy) is 2. The van der Waals surface area contributed by atoms with Gasteiger partial charge in [-0.3, -0.25) is 14.4 Å². The molecule has 9 heteroatoms. The SMILES string of the molecule is CCCCCCCCC(CCCCCC)C(=O)OCCCCCC(CCCCCO[Si](c1ccccc1)(c1ccccc1)C(C)(C)C)NCCCCOC(=O)CN(C)C(=O)C(CCCCCC)CCCCCCCC. The third-order valence-corrected chi connectivity index (χ3v) is 20.7. The van der Waals surface area contributed by atoms with Crippen molar-refractivity contribution in [3.63, 3.8) is 0 Å². The Morgan fingerprint density at radius 1 is 0.480 bits per heavy atom. The summed E-state index contributed by atoms with van der Waals surface area (Å²) in [5.41, 5.74) is 0. The zero-order valence-corrected chi connectivity index (χ0v) is 51.0. The van der Waals surface area contributed by atoms with Crippen molar-refractivity contribution in [3.8, 4) is 0 Å². The van der Waals surface area contributed by atoms with Crippen LogP contribution in [0.4, 0.5) is 0 Å². The van der Waals surface area contributed by atoms with Gasteiger partial charge in [-0.25, -0.2) is 0 Å². The quantitative estimate of drug-likeness (QED) is 0.0401. The highest BCUT2D eigenvalue weighted by atomic mass is 28.4. The van der Waals surface area contributed by atoms with E-state index in [-0.39, 0.29) is 41.3 Å². The number of nitrogens with zero attached hydrogens (tertiary/aromatic N) is 1. The third kappa shape index (κ3) is 30.1. The van der Waals surface area contributed by atoms with E-state index in [4.69, 9.17) is 13.9 Å². The largest absolute Gasteiger partial charge is 0.465 e. The Bertz CT molecular complexity index is 1630. The molecule has 2 aromatic rings. The van der Waals surface area contributed by atoms with Crippen LogP contribution in [0.15, 0.2) is 60.7 Å². The van der Waals surface area contributed by atoms with Gasteiger partial charge in [0, 0.05) is 25.6 Å². The van der Waals surface area contributed by atoms with Crippen LogP contribution < -0.4 is 15.7 Å². The summed E-state index contributed by atoms with van der Waals surface area (Å²) in [6.07, 6.45) is 38.1. The van der Waals surface area contributed by atoms with E-state index in [9.17, 15) is 14.4 Å². The summed E-state index contributed by atoms with van der Waals surface area (Å²) < 4.78 is 18.9. The van der Waals surface area contributed by atoms with Crippen LogP contribution in [0.3, 0.4) is 0 Å². The van der Waals surface area contributed by atoms with Crippen molar-refractivity contribution in [1.29, 1.82) is 0 Å². The molecule has 0 heterocycles. The number of likely N-dealkylation sites (N-methyl/N-ethyl adjacent to an activating group) is 1. The van der Waals surface area contributed by atoms with E-state index in [1.54, 1.807) is 11.9 Å². The minimum atomic E-state index is -2.56. The average Bonchev–Trinajstić information content (AvgIpc) is 3.40. The van der Waals surface area contributed by atoms with Crippen molar-refractivity contribution in [2.24, 2.45) is 11.8 Å². The monoisotopic (exact) mass is 1060 g/mol. The first-order valence-electron chi connectivity index (χ1n) is 31.5. The molecule has 1 amide bonds. The Morgan fingerprint density at radius 3 is 1.35 bits per heavy atom. The average molecular weight is 1060 g/mol. The van der Waals surface area contributed by atoms with Gasteiger partial charge in [-0.1, -0.05) is 263 Å². The second-order valence-electron chi connectivity index (χ2n) is 23.4. The minimum Gasteiger partial charge on any atom is -0.465 e. The maximum Gasteiger partial charge on any atom is 0.325 e. The Kier molecular flexibility index (Phi) is 39.9. The Labute approximate surface area is 463 Å². The lowest BCUT2D eigenvalue weighted by molar-refractivity contribution is -0.150. The number of rotatable bonds is 49. The molecule has 0 aliphatic heterocycles. The third-order valence-electron chi connectivity index (χ3n) is 15.7. The fourth-order valence-corrected chi connectivity index (χ4v) is 15.7. The minimum absolute atomic E-state index is 0.00760. The van der Waals surface area contributed by atoms with Crippen molar-refractivity contribution < 1.29 is 28.3 Å². The maximum absolute atomic E-state index is 13.6. The van der Waals surface area contributed by atoms with E-state index in [2.05, 4.69) is 114 Å². The number of unbranched alkanes of at least 4 members (excludes halogenated alkanes) is 21. The summed E-state index contributed by atoms with van der Waals surface area (Å²) in [5.74, 6) is -0.143. The predicted octanol–water partition coefficient (Wildman–Crippen LogP) is 16.6. The zero-order valence-electron chi connectivity index (χ0n) is 50.0. The number of carbonyl (C=O) groups excluding carboxylic acids is 3. The highest BCUT2D eigenvalue weighted by molar-refractivity contribution is 6.99. The van der Waals surface area contributed by atoms with Gasteiger partial charge in [-0.2, -0.15) is 0 Å². The molecule has 0 saturated heterocycles. The molecule has 0 saturated carbocycles. The molecule has 3 unspecified atom stereocenters. The van der Waals surface area contributed by atoms with Gasteiger partial charge in [0.2, 0.25) is 5.91 Å². The van der Waals surface area contributed by atoms with E-state index in [1.807, 2.05) is 0 Å². The number of hydrogen-bond acceptors (Lipinski definition) is 7. The molecule has 75 heavy (non-hydrogen) atoms. The van der Waals surface area contributed by atoms with Crippen LogP contribution in [0.1, 0.15) is 267 Å². The molecule has 0 bridgehead atoms. The lowest BCUT2D eigenvalue weighted by Gasteiger charge is -2.43. The standard InChI is InChI=1S/C66H116N2O6Si/c1-9-13-17-21-23-31-44-58(43-29-19-15-11-3)64(70)68(8)57-63(69)72-54-42-39-53-67-60(47-33-27-40-55-73-65(71)59(45-30-20-16-12-4)46-32-24-22-18-14-10-2)48-34-28-41-56-74-75(66(5,6)7,61-49-35-25-36-50-61)62-51-37-26-38-52-62/h25-26,35-38,49-52,58-60,67H,9-24,27-34,39-48,53-57H2,1-8H3. The second-order valence-corrected chi connectivity index (χ2v) is 27.7. The molecular formula is C66H116N2O6Si. The van der Waals surface area contributed by atoms with Gasteiger partial charge in [0.15, 0.2) is 0 Å². The molecule has 0 radical (unpaired) electrons. The Balaban J connectivity index is 1.94. The van der Waals surface area contributed by atoms with Gasteiger partial charge >= 0.3 is 11.9 Å². The molecule has 3 atom stereocenters. The molecule has 2 rings (SSSR count). The summed E-state index contributed by atoms with van der Waals surface area (Å²) >= 11 is 0. The van der Waals surface area contributed by atoms with Crippen LogP contribution in [0.2, 0.25) is 5.04 Å². The van der Waals surface area contributed by atoms with Gasteiger partial charge < -0.3 is 24.1 Å². The van der Waals surface area contributed by atoms with Crippen LogP contribution in [0, 0.1) is 11.8 Å². The molecule has 0 aliphatic rings. The predicted molar refractivity (Wildman–Crippen MR) is 322 cm³/mol. The fourth-order valence-electron chi connectivity index (χ4n) is 11.1. The van der Waals surface area contributed by atoms with Crippen molar-refractivity contribution in [2.75, 3.05) is 40.0 Å². The molecule has 0 aliphatic carbocycles. The van der Waals surface area contributed by atoms with Gasteiger partial charge in [0.05, 0.1) is 19.1 Å². The van der Waals surface area contributed by atoms with Gasteiger partial charge in [-0.15, -0.1) is 0 Å². The van der Waals surface area contributed by atoms with Crippen molar-refractivity contribution in [1.82, 2.24) is 10.2 Å². The molecule has 0 fully saturated rings. The zero-order chi connectivity index (χ0) is 54.7. The summed E-state index contributed by atoms with van der Waals surface area (Å²) in [5, 5.41) is 6.50. The smallest absolute Gasteiger partial charge is 0.325 e. The molecule has 1 N–H and O–H groups in total. The summed E-state index contributed by atoms with van der Waals surface area (Å²) in [7, 11) is -0.787. The Morgan fingerprint density at radius 2 is 0.867 bits per heavy atom. The van der Waals surface area contributed by atoms with Crippen LogP contribution in [0.5, 0.6) is 0 Å².